The zero-order chi connectivity index (χ0) is 21.8. The predicted octanol–water partition coefficient (Wildman–Crippen LogP) is 4.45. The lowest BCUT2D eigenvalue weighted by molar-refractivity contribution is 0.141. The highest BCUT2D eigenvalue weighted by atomic mass is 32.1. The molecule has 2 N–H and O–H groups in total. The Labute approximate surface area is 194 Å². The number of urea groups is 1. The molecule has 0 atom stereocenters. The lowest BCUT2D eigenvalue weighted by Crippen LogP contribution is -2.51. The van der Waals surface area contributed by atoms with Crippen LogP contribution < -0.4 is 15.5 Å². The maximum Gasteiger partial charge on any atom is 0.321 e. The third kappa shape index (κ3) is 5.23. The Morgan fingerprint density at radius 1 is 0.906 bits per heavy atom. The minimum absolute atomic E-state index is 0.157. The van der Waals surface area contributed by atoms with E-state index < -0.39 is 0 Å². The monoisotopic (exact) mass is 454 g/mol. The Hall–Kier alpha value is -2.19. The zero-order valence-corrected chi connectivity index (χ0v) is 19.5. The molecule has 7 nitrogen and oxygen atoms in total. The molecule has 2 aliphatic carbocycles. The highest BCUT2D eigenvalue weighted by Gasteiger charge is 2.29. The summed E-state index contributed by atoms with van der Waals surface area (Å²) < 4.78 is 0. The summed E-state index contributed by atoms with van der Waals surface area (Å²) in [4.78, 5) is 17.2. The van der Waals surface area contributed by atoms with Gasteiger partial charge in [-0.2, -0.15) is 0 Å². The molecule has 2 amide bonds. The lowest BCUT2D eigenvalue weighted by atomic mass is 9.81. The SMILES string of the molecule is O=C(Nc1nnc(N2CCN(C3CCC(c4ccccc4)CC3)CC2)s1)NC1CCCC1. The van der Waals surface area contributed by atoms with Gasteiger partial charge in [0.05, 0.1) is 0 Å². The summed E-state index contributed by atoms with van der Waals surface area (Å²) in [5, 5.41) is 15.9. The topological polar surface area (TPSA) is 73.4 Å². The van der Waals surface area contributed by atoms with Crippen LogP contribution in [0.5, 0.6) is 0 Å². The second-order valence-corrected chi connectivity index (χ2v) is 10.4. The summed E-state index contributed by atoms with van der Waals surface area (Å²) >= 11 is 1.47. The van der Waals surface area contributed by atoms with Crippen LogP contribution in [0.4, 0.5) is 15.1 Å². The van der Waals surface area contributed by atoms with Crippen molar-refractivity contribution in [2.45, 2.75) is 69.4 Å². The van der Waals surface area contributed by atoms with Gasteiger partial charge in [0.15, 0.2) is 0 Å². The molecule has 1 aromatic heterocycles. The Morgan fingerprint density at radius 3 is 2.34 bits per heavy atom. The molecule has 2 aromatic rings. The Balaban J connectivity index is 1.07. The van der Waals surface area contributed by atoms with Gasteiger partial charge in [0.1, 0.15) is 0 Å². The molecule has 5 rings (SSSR count). The molecule has 0 spiro atoms. The highest BCUT2D eigenvalue weighted by molar-refractivity contribution is 7.19. The largest absolute Gasteiger partial charge is 0.344 e. The van der Waals surface area contributed by atoms with E-state index in [1.807, 2.05) is 0 Å². The number of benzene rings is 1. The first-order chi connectivity index (χ1) is 15.7. The van der Waals surface area contributed by atoms with Crippen LogP contribution in [0.1, 0.15) is 62.8 Å². The lowest BCUT2D eigenvalue weighted by Gasteiger charge is -2.42. The van der Waals surface area contributed by atoms with Crippen molar-refractivity contribution in [3.8, 4) is 0 Å². The second-order valence-electron chi connectivity index (χ2n) is 9.41. The van der Waals surface area contributed by atoms with E-state index in [-0.39, 0.29) is 6.03 Å². The molecule has 32 heavy (non-hydrogen) atoms. The third-order valence-corrected chi connectivity index (χ3v) is 8.29. The van der Waals surface area contributed by atoms with Crippen molar-refractivity contribution in [1.82, 2.24) is 20.4 Å². The van der Waals surface area contributed by atoms with E-state index in [2.05, 4.69) is 61.0 Å². The molecule has 0 bridgehead atoms. The average Bonchev–Trinajstić information content (AvgIpc) is 3.52. The molecule has 0 unspecified atom stereocenters. The molecule has 2 heterocycles. The van der Waals surface area contributed by atoms with Crippen molar-refractivity contribution >= 4 is 27.6 Å². The van der Waals surface area contributed by atoms with E-state index in [9.17, 15) is 4.79 Å². The number of rotatable bonds is 5. The molecule has 3 fully saturated rings. The Morgan fingerprint density at radius 2 is 1.62 bits per heavy atom. The van der Waals surface area contributed by atoms with Gasteiger partial charge in [0, 0.05) is 38.3 Å². The van der Waals surface area contributed by atoms with E-state index in [1.54, 1.807) is 0 Å². The summed E-state index contributed by atoms with van der Waals surface area (Å²) in [5.41, 5.74) is 1.51. The molecular weight excluding hydrogens is 420 g/mol. The molecule has 1 aromatic carbocycles. The van der Waals surface area contributed by atoms with E-state index >= 15 is 0 Å². The van der Waals surface area contributed by atoms with Crippen molar-refractivity contribution in [1.29, 1.82) is 0 Å². The standard InChI is InChI=1S/C24H34N6OS/c31-22(25-20-8-4-5-9-20)26-23-27-28-24(32-23)30-16-14-29(15-17-30)21-12-10-19(11-13-21)18-6-2-1-3-7-18/h1-3,6-7,19-21H,4-5,8-17H2,(H2,25,26,27,31). The first kappa shape index (κ1) is 21.6. The highest BCUT2D eigenvalue weighted by Crippen LogP contribution is 2.35. The fraction of sp³-hybridized carbons (Fsp3) is 0.625. The maximum atomic E-state index is 12.2. The molecule has 2 saturated carbocycles. The number of amides is 2. The predicted molar refractivity (Wildman–Crippen MR) is 130 cm³/mol. The van der Waals surface area contributed by atoms with Crippen LogP contribution in [0.25, 0.3) is 0 Å². The van der Waals surface area contributed by atoms with Gasteiger partial charge in [-0.15, -0.1) is 10.2 Å². The van der Waals surface area contributed by atoms with Crippen LogP contribution in [-0.2, 0) is 0 Å². The van der Waals surface area contributed by atoms with Gasteiger partial charge >= 0.3 is 6.03 Å². The molecule has 0 radical (unpaired) electrons. The van der Waals surface area contributed by atoms with Crippen LogP contribution in [0, 0.1) is 0 Å². The molecule has 1 saturated heterocycles. The number of anilines is 2. The number of hydrogen-bond donors (Lipinski definition) is 2. The van der Waals surface area contributed by atoms with Gasteiger partial charge in [0.25, 0.3) is 0 Å². The van der Waals surface area contributed by atoms with E-state index in [4.69, 9.17) is 0 Å². The van der Waals surface area contributed by atoms with Gasteiger partial charge in [-0.1, -0.05) is 54.5 Å². The number of nitrogens with zero attached hydrogens (tertiary/aromatic N) is 4. The van der Waals surface area contributed by atoms with Gasteiger partial charge in [-0.3, -0.25) is 10.2 Å². The minimum Gasteiger partial charge on any atom is -0.344 e. The number of nitrogens with one attached hydrogen (secondary N) is 2. The fourth-order valence-corrected chi connectivity index (χ4v) is 6.35. The van der Waals surface area contributed by atoms with Gasteiger partial charge < -0.3 is 10.2 Å². The second kappa shape index (κ2) is 10.2. The molecule has 8 heteroatoms. The van der Waals surface area contributed by atoms with E-state index in [0.29, 0.717) is 17.2 Å². The third-order valence-electron chi connectivity index (χ3n) is 7.39. The minimum atomic E-state index is -0.157. The number of hydrogen-bond acceptors (Lipinski definition) is 6. The maximum absolute atomic E-state index is 12.2. The van der Waals surface area contributed by atoms with Gasteiger partial charge in [-0.25, -0.2) is 4.79 Å². The zero-order valence-electron chi connectivity index (χ0n) is 18.7. The van der Waals surface area contributed by atoms with Gasteiger partial charge in [0.2, 0.25) is 10.3 Å². The van der Waals surface area contributed by atoms with E-state index in [0.717, 1.165) is 50.1 Å². The Bertz CT molecular complexity index is 868. The van der Waals surface area contributed by atoms with Crippen LogP contribution in [-0.4, -0.2) is 59.4 Å². The molecular formula is C24H34N6OS. The van der Waals surface area contributed by atoms with Crippen LogP contribution in [0.15, 0.2) is 30.3 Å². The van der Waals surface area contributed by atoms with Crippen molar-refractivity contribution in [3.63, 3.8) is 0 Å². The number of aromatic nitrogens is 2. The summed E-state index contributed by atoms with van der Waals surface area (Å²) in [6.45, 7) is 4.10. The quantitative estimate of drug-likeness (QED) is 0.698. The van der Waals surface area contributed by atoms with E-state index in [1.165, 1.54) is 55.4 Å². The van der Waals surface area contributed by atoms with Crippen molar-refractivity contribution in [2.24, 2.45) is 0 Å². The fourth-order valence-electron chi connectivity index (χ4n) is 5.56. The Kier molecular flexibility index (Phi) is 6.88. The van der Waals surface area contributed by atoms with Gasteiger partial charge in [-0.05, 0) is 50.0 Å². The molecule has 1 aliphatic heterocycles. The van der Waals surface area contributed by atoms with Crippen molar-refractivity contribution in [3.05, 3.63) is 35.9 Å². The summed E-state index contributed by atoms with van der Waals surface area (Å²) in [6, 6.07) is 11.9. The number of piperazine rings is 1. The number of carbonyl (C=O) groups is 1. The summed E-state index contributed by atoms with van der Waals surface area (Å²) in [5.74, 6) is 0.729. The normalized spacial score (nSPS) is 25.1. The molecule has 3 aliphatic rings. The first-order valence-corrected chi connectivity index (χ1v) is 13.0. The number of carbonyl (C=O) groups excluding carboxylic acids is 1. The summed E-state index contributed by atoms with van der Waals surface area (Å²) in [7, 11) is 0. The smallest absolute Gasteiger partial charge is 0.321 e. The molecule has 172 valence electrons. The van der Waals surface area contributed by atoms with Crippen LogP contribution >= 0.6 is 11.3 Å². The first-order valence-electron chi connectivity index (χ1n) is 12.2. The van der Waals surface area contributed by atoms with Crippen molar-refractivity contribution < 1.29 is 4.79 Å². The van der Waals surface area contributed by atoms with Crippen LogP contribution in [0.2, 0.25) is 0 Å². The summed E-state index contributed by atoms with van der Waals surface area (Å²) in [6.07, 6.45) is 9.74. The van der Waals surface area contributed by atoms with Crippen LogP contribution in [0.3, 0.4) is 0 Å². The average molecular weight is 455 g/mol. The van der Waals surface area contributed by atoms with Crippen molar-refractivity contribution in [2.75, 3.05) is 36.4 Å².